The molecule has 0 radical (unpaired) electrons. The van der Waals surface area contributed by atoms with Crippen LogP contribution in [0.25, 0.3) is 0 Å². The lowest BCUT2D eigenvalue weighted by Crippen LogP contribution is -2.43. The number of likely N-dealkylation sites (tertiary alicyclic amines) is 1. The lowest BCUT2D eigenvalue weighted by molar-refractivity contribution is -0.00761. The summed E-state index contributed by atoms with van der Waals surface area (Å²) in [5, 5.41) is 0. The van der Waals surface area contributed by atoms with E-state index in [1.54, 1.807) is 18.2 Å². The smallest absolute Gasteiger partial charge is 0.253 e. The van der Waals surface area contributed by atoms with E-state index in [2.05, 4.69) is 0 Å². The van der Waals surface area contributed by atoms with Gasteiger partial charge in [-0.05, 0) is 38.0 Å². The first-order chi connectivity index (χ1) is 11.6. The molecule has 1 heterocycles. The van der Waals surface area contributed by atoms with Crippen LogP contribution in [0.5, 0.6) is 0 Å². The number of piperidine rings is 1. The SMILES string of the molecule is Cc1ccc(C(=O)N2CCC[C@@H](OCc3ccccc3F)C2)cc1. The van der Waals surface area contributed by atoms with Gasteiger partial charge in [-0.1, -0.05) is 35.9 Å². The van der Waals surface area contributed by atoms with Crippen molar-refractivity contribution in [1.29, 1.82) is 0 Å². The fourth-order valence-corrected chi connectivity index (χ4v) is 2.96. The highest BCUT2D eigenvalue weighted by molar-refractivity contribution is 5.94. The Bertz CT molecular complexity index is 699. The maximum absolute atomic E-state index is 13.7. The Labute approximate surface area is 142 Å². The van der Waals surface area contributed by atoms with Crippen molar-refractivity contribution in [3.05, 3.63) is 71.0 Å². The molecule has 1 amide bonds. The standard InChI is InChI=1S/C20H22FNO2/c1-15-8-10-16(11-9-15)20(23)22-12-4-6-18(13-22)24-14-17-5-2-3-7-19(17)21/h2-3,5,7-11,18H,4,6,12-14H2,1H3/t18-/m1/s1. The Morgan fingerprint density at radius 1 is 1.21 bits per heavy atom. The predicted octanol–water partition coefficient (Wildman–Crippen LogP) is 3.96. The molecule has 24 heavy (non-hydrogen) atoms. The first kappa shape index (κ1) is 16.7. The van der Waals surface area contributed by atoms with Gasteiger partial charge in [0.25, 0.3) is 5.91 Å². The summed E-state index contributed by atoms with van der Waals surface area (Å²) in [4.78, 5) is 14.4. The molecule has 3 nitrogen and oxygen atoms in total. The van der Waals surface area contributed by atoms with E-state index in [1.165, 1.54) is 6.07 Å². The van der Waals surface area contributed by atoms with E-state index in [9.17, 15) is 9.18 Å². The second-order valence-electron chi connectivity index (χ2n) is 6.28. The summed E-state index contributed by atoms with van der Waals surface area (Å²) < 4.78 is 19.5. The third-order valence-corrected chi connectivity index (χ3v) is 4.40. The summed E-state index contributed by atoms with van der Waals surface area (Å²) in [5.74, 6) is -0.213. The molecule has 3 rings (SSSR count). The zero-order valence-corrected chi connectivity index (χ0v) is 13.9. The average molecular weight is 327 g/mol. The zero-order chi connectivity index (χ0) is 16.9. The van der Waals surface area contributed by atoms with Gasteiger partial charge in [-0.25, -0.2) is 4.39 Å². The van der Waals surface area contributed by atoms with Crippen LogP contribution in [0.1, 0.15) is 34.3 Å². The second-order valence-corrected chi connectivity index (χ2v) is 6.28. The summed E-state index contributed by atoms with van der Waals surface area (Å²) in [5.41, 5.74) is 2.39. The van der Waals surface area contributed by atoms with E-state index >= 15 is 0 Å². The third-order valence-electron chi connectivity index (χ3n) is 4.40. The van der Waals surface area contributed by atoms with Gasteiger partial charge in [-0.3, -0.25) is 4.79 Å². The molecule has 1 saturated heterocycles. The Morgan fingerprint density at radius 3 is 2.71 bits per heavy atom. The van der Waals surface area contributed by atoms with Crippen molar-refractivity contribution < 1.29 is 13.9 Å². The molecule has 1 atom stereocenters. The maximum atomic E-state index is 13.7. The highest BCUT2D eigenvalue weighted by atomic mass is 19.1. The topological polar surface area (TPSA) is 29.5 Å². The first-order valence-electron chi connectivity index (χ1n) is 8.34. The molecule has 4 heteroatoms. The van der Waals surface area contributed by atoms with Crippen LogP contribution in [0, 0.1) is 12.7 Å². The van der Waals surface area contributed by atoms with Crippen LogP contribution in [-0.4, -0.2) is 30.0 Å². The number of hydrogen-bond donors (Lipinski definition) is 0. The zero-order valence-electron chi connectivity index (χ0n) is 13.9. The van der Waals surface area contributed by atoms with Crippen LogP contribution < -0.4 is 0 Å². The van der Waals surface area contributed by atoms with Crippen LogP contribution in [0.2, 0.25) is 0 Å². The second kappa shape index (κ2) is 7.58. The van der Waals surface area contributed by atoms with Gasteiger partial charge in [-0.2, -0.15) is 0 Å². The maximum Gasteiger partial charge on any atom is 0.253 e. The summed E-state index contributed by atoms with van der Waals surface area (Å²) >= 11 is 0. The van der Waals surface area contributed by atoms with Gasteiger partial charge < -0.3 is 9.64 Å². The molecule has 2 aromatic carbocycles. The summed E-state index contributed by atoms with van der Waals surface area (Å²) in [6.45, 7) is 3.54. The number of nitrogens with zero attached hydrogens (tertiary/aromatic N) is 1. The molecule has 1 aliphatic rings. The number of ether oxygens (including phenoxy) is 1. The summed E-state index contributed by atoms with van der Waals surface area (Å²) in [6.07, 6.45) is 1.75. The number of carbonyl (C=O) groups excluding carboxylic acids is 1. The quantitative estimate of drug-likeness (QED) is 0.851. The van der Waals surface area contributed by atoms with Gasteiger partial charge in [0.2, 0.25) is 0 Å². The number of carbonyl (C=O) groups is 1. The van der Waals surface area contributed by atoms with Crippen LogP contribution in [-0.2, 0) is 11.3 Å². The number of halogens is 1. The number of rotatable bonds is 4. The van der Waals surface area contributed by atoms with E-state index in [-0.39, 0.29) is 24.4 Å². The molecule has 1 aliphatic heterocycles. The molecule has 2 aromatic rings. The third kappa shape index (κ3) is 4.01. The van der Waals surface area contributed by atoms with Crippen LogP contribution in [0.4, 0.5) is 4.39 Å². The number of hydrogen-bond acceptors (Lipinski definition) is 2. The lowest BCUT2D eigenvalue weighted by Gasteiger charge is -2.32. The van der Waals surface area contributed by atoms with E-state index in [4.69, 9.17) is 4.74 Å². The molecule has 0 spiro atoms. The molecule has 0 aromatic heterocycles. The van der Waals surface area contributed by atoms with Crippen molar-refractivity contribution in [1.82, 2.24) is 4.90 Å². The fraction of sp³-hybridized carbons (Fsp3) is 0.350. The minimum atomic E-state index is -0.249. The van der Waals surface area contributed by atoms with E-state index in [1.807, 2.05) is 36.1 Å². The van der Waals surface area contributed by atoms with Crippen molar-refractivity contribution in [2.75, 3.05) is 13.1 Å². The van der Waals surface area contributed by atoms with E-state index < -0.39 is 0 Å². The largest absolute Gasteiger partial charge is 0.372 e. The van der Waals surface area contributed by atoms with Gasteiger partial charge in [-0.15, -0.1) is 0 Å². The molecule has 0 bridgehead atoms. The van der Waals surface area contributed by atoms with Crippen molar-refractivity contribution in [2.45, 2.75) is 32.5 Å². The van der Waals surface area contributed by atoms with Crippen molar-refractivity contribution in [3.63, 3.8) is 0 Å². The van der Waals surface area contributed by atoms with Crippen molar-refractivity contribution in [3.8, 4) is 0 Å². The predicted molar refractivity (Wildman–Crippen MR) is 91.3 cm³/mol. The number of aryl methyl sites for hydroxylation is 1. The normalized spacial score (nSPS) is 17.8. The van der Waals surface area contributed by atoms with Gasteiger partial charge in [0.05, 0.1) is 12.7 Å². The monoisotopic (exact) mass is 327 g/mol. The van der Waals surface area contributed by atoms with E-state index in [0.717, 1.165) is 24.9 Å². The molecule has 0 aliphatic carbocycles. The molecular weight excluding hydrogens is 305 g/mol. The average Bonchev–Trinajstić information content (AvgIpc) is 2.61. The fourth-order valence-electron chi connectivity index (χ4n) is 2.96. The van der Waals surface area contributed by atoms with Gasteiger partial charge in [0.1, 0.15) is 5.82 Å². The Morgan fingerprint density at radius 2 is 1.96 bits per heavy atom. The molecule has 0 unspecified atom stereocenters. The van der Waals surface area contributed by atoms with Gasteiger partial charge >= 0.3 is 0 Å². The number of benzene rings is 2. The van der Waals surface area contributed by atoms with Gasteiger partial charge in [0, 0.05) is 24.2 Å². The van der Waals surface area contributed by atoms with E-state index in [0.29, 0.717) is 17.7 Å². The van der Waals surface area contributed by atoms with Crippen LogP contribution >= 0.6 is 0 Å². The first-order valence-corrected chi connectivity index (χ1v) is 8.34. The van der Waals surface area contributed by atoms with Gasteiger partial charge in [0.15, 0.2) is 0 Å². The van der Waals surface area contributed by atoms with Crippen LogP contribution in [0.3, 0.4) is 0 Å². The molecule has 0 N–H and O–H groups in total. The Balaban J connectivity index is 1.59. The van der Waals surface area contributed by atoms with Crippen molar-refractivity contribution >= 4 is 5.91 Å². The van der Waals surface area contributed by atoms with Crippen LogP contribution in [0.15, 0.2) is 48.5 Å². The summed E-state index contributed by atoms with van der Waals surface area (Å²) in [6, 6.07) is 14.3. The number of amides is 1. The molecular formula is C20H22FNO2. The van der Waals surface area contributed by atoms with Crippen molar-refractivity contribution in [2.24, 2.45) is 0 Å². The summed E-state index contributed by atoms with van der Waals surface area (Å²) in [7, 11) is 0. The highest BCUT2D eigenvalue weighted by Crippen LogP contribution is 2.18. The minimum absolute atomic E-state index is 0.0363. The minimum Gasteiger partial charge on any atom is -0.372 e. The Kier molecular flexibility index (Phi) is 5.26. The molecule has 0 saturated carbocycles. The molecule has 1 fully saturated rings. The Hall–Kier alpha value is -2.20. The highest BCUT2D eigenvalue weighted by Gasteiger charge is 2.25. The molecule has 126 valence electrons. The lowest BCUT2D eigenvalue weighted by atomic mass is 10.1.